The monoisotopic (exact) mass is 307 g/mol. The van der Waals surface area contributed by atoms with Gasteiger partial charge in [-0.15, -0.1) is 0 Å². The SMILES string of the molecule is Cc1cc2cc(OCc3ncccc3C(F)(F)F)ccc2o1. The van der Waals surface area contributed by atoms with Crippen LogP contribution in [-0.4, -0.2) is 4.98 Å². The highest BCUT2D eigenvalue weighted by Crippen LogP contribution is 2.31. The molecule has 0 spiro atoms. The second kappa shape index (κ2) is 5.36. The third-order valence-corrected chi connectivity index (χ3v) is 3.18. The van der Waals surface area contributed by atoms with Crippen molar-refractivity contribution in [2.45, 2.75) is 19.7 Å². The molecule has 0 aliphatic rings. The van der Waals surface area contributed by atoms with Gasteiger partial charge in [0.05, 0.1) is 11.3 Å². The number of pyridine rings is 1. The molecule has 0 radical (unpaired) electrons. The van der Waals surface area contributed by atoms with Crippen LogP contribution >= 0.6 is 0 Å². The second-order valence-corrected chi connectivity index (χ2v) is 4.84. The number of aryl methyl sites for hydroxylation is 1. The third kappa shape index (κ3) is 2.90. The highest BCUT2D eigenvalue weighted by molar-refractivity contribution is 5.79. The number of benzene rings is 1. The fraction of sp³-hybridized carbons (Fsp3) is 0.188. The van der Waals surface area contributed by atoms with Gasteiger partial charge in [-0.3, -0.25) is 4.98 Å². The first kappa shape index (κ1) is 14.4. The zero-order valence-electron chi connectivity index (χ0n) is 11.6. The van der Waals surface area contributed by atoms with E-state index in [1.165, 1.54) is 12.3 Å². The Balaban J connectivity index is 1.82. The van der Waals surface area contributed by atoms with Gasteiger partial charge in [0.2, 0.25) is 0 Å². The molecule has 2 heterocycles. The molecule has 0 saturated carbocycles. The number of rotatable bonds is 3. The highest BCUT2D eigenvalue weighted by Gasteiger charge is 2.33. The van der Waals surface area contributed by atoms with E-state index in [4.69, 9.17) is 9.15 Å². The minimum atomic E-state index is -4.45. The van der Waals surface area contributed by atoms with E-state index in [-0.39, 0.29) is 12.3 Å². The summed E-state index contributed by atoms with van der Waals surface area (Å²) in [5.74, 6) is 1.23. The molecule has 6 heteroatoms. The van der Waals surface area contributed by atoms with Crippen LogP contribution in [0, 0.1) is 6.92 Å². The minimum Gasteiger partial charge on any atom is -0.487 e. The Labute approximate surface area is 124 Å². The first-order chi connectivity index (χ1) is 10.4. The van der Waals surface area contributed by atoms with Crippen LogP contribution in [0.4, 0.5) is 13.2 Å². The molecule has 0 aliphatic heterocycles. The fourth-order valence-corrected chi connectivity index (χ4v) is 2.21. The molecule has 0 bridgehead atoms. The van der Waals surface area contributed by atoms with E-state index in [9.17, 15) is 13.2 Å². The maximum absolute atomic E-state index is 12.9. The van der Waals surface area contributed by atoms with E-state index in [0.29, 0.717) is 11.3 Å². The van der Waals surface area contributed by atoms with Crippen LogP contribution in [0.2, 0.25) is 0 Å². The summed E-state index contributed by atoms with van der Waals surface area (Å²) in [5, 5.41) is 0.840. The lowest BCUT2D eigenvalue weighted by Gasteiger charge is -2.12. The van der Waals surface area contributed by atoms with Gasteiger partial charge in [-0.1, -0.05) is 0 Å². The van der Waals surface area contributed by atoms with Gasteiger partial charge in [-0.25, -0.2) is 0 Å². The van der Waals surface area contributed by atoms with Crippen molar-refractivity contribution in [1.29, 1.82) is 0 Å². The summed E-state index contributed by atoms with van der Waals surface area (Å²) in [6.45, 7) is 1.57. The van der Waals surface area contributed by atoms with Gasteiger partial charge in [0.1, 0.15) is 23.7 Å². The van der Waals surface area contributed by atoms with Crippen LogP contribution in [0.25, 0.3) is 11.0 Å². The molecule has 0 unspecified atom stereocenters. The van der Waals surface area contributed by atoms with Crippen LogP contribution in [-0.2, 0) is 12.8 Å². The van der Waals surface area contributed by atoms with Crippen LogP contribution < -0.4 is 4.74 Å². The van der Waals surface area contributed by atoms with E-state index in [0.717, 1.165) is 17.2 Å². The van der Waals surface area contributed by atoms with Gasteiger partial charge in [0, 0.05) is 11.6 Å². The lowest BCUT2D eigenvalue weighted by atomic mass is 10.2. The van der Waals surface area contributed by atoms with Gasteiger partial charge < -0.3 is 9.15 Å². The predicted molar refractivity (Wildman–Crippen MR) is 74.5 cm³/mol. The molecule has 2 aromatic heterocycles. The number of nitrogens with zero attached hydrogens (tertiary/aromatic N) is 1. The largest absolute Gasteiger partial charge is 0.487 e. The summed E-state index contributed by atoms with van der Waals surface area (Å²) in [6, 6.07) is 9.19. The molecular formula is C16H12F3NO2. The Morgan fingerprint density at radius 2 is 2.00 bits per heavy atom. The van der Waals surface area contributed by atoms with E-state index in [2.05, 4.69) is 4.98 Å². The molecule has 0 amide bonds. The molecule has 0 atom stereocenters. The number of hydrogen-bond acceptors (Lipinski definition) is 3. The first-order valence-electron chi connectivity index (χ1n) is 6.57. The Bertz CT molecular complexity index is 809. The number of furan rings is 1. The number of hydrogen-bond donors (Lipinski definition) is 0. The standard InChI is InChI=1S/C16H12F3NO2/c1-10-7-11-8-12(4-5-15(11)22-10)21-9-14-13(16(17,18)19)3-2-6-20-14/h2-8H,9H2,1H3. The Hall–Kier alpha value is -2.50. The van der Waals surface area contributed by atoms with E-state index in [1.807, 2.05) is 13.0 Å². The molecule has 0 fully saturated rings. The molecule has 1 aromatic carbocycles. The van der Waals surface area contributed by atoms with Crippen molar-refractivity contribution in [3.63, 3.8) is 0 Å². The van der Waals surface area contributed by atoms with Crippen molar-refractivity contribution in [2.24, 2.45) is 0 Å². The van der Waals surface area contributed by atoms with Crippen molar-refractivity contribution in [2.75, 3.05) is 0 Å². The van der Waals surface area contributed by atoms with Gasteiger partial charge in [-0.2, -0.15) is 13.2 Å². The first-order valence-corrected chi connectivity index (χ1v) is 6.57. The van der Waals surface area contributed by atoms with Crippen LogP contribution in [0.3, 0.4) is 0 Å². The average Bonchev–Trinajstić information content (AvgIpc) is 2.83. The smallest absolute Gasteiger partial charge is 0.418 e. The van der Waals surface area contributed by atoms with Crippen molar-refractivity contribution >= 4 is 11.0 Å². The van der Waals surface area contributed by atoms with Gasteiger partial charge in [0.15, 0.2) is 0 Å². The van der Waals surface area contributed by atoms with Gasteiger partial charge in [0.25, 0.3) is 0 Å². The average molecular weight is 307 g/mol. The lowest BCUT2D eigenvalue weighted by Crippen LogP contribution is -2.12. The predicted octanol–water partition coefficient (Wildman–Crippen LogP) is 4.73. The zero-order chi connectivity index (χ0) is 15.7. The van der Waals surface area contributed by atoms with Crippen LogP contribution in [0.1, 0.15) is 17.0 Å². The zero-order valence-corrected chi connectivity index (χ0v) is 11.6. The number of fused-ring (bicyclic) bond motifs is 1. The Kier molecular flexibility index (Phi) is 3.52. The molecule has 0 N–H and O–H groups in total. The summed E-state index contributed by atoms with van der Waals surface area (Å²) >= 11 is 0. The summed E-state index contributed by atoms with van der Waals surface area (Å²) < 4.78 is 49.5. The molecule has 3 nitrogen and oxygen atoms in total. The normalized spacial score (nSPS) is 11.8. The van der Waals surface area contributed by atoms with E-state index >= 15 is 0 Å². The number of halogens is 3. The topological polar surface area (TPSA) is 35.3 Å². The van der Waals surface area contributed by atoms with Crippen molar-refractivity contribution in [1.82, 2.24) is 4.98 Å². The van der Waals surface area contributed by atoms with Crippen molar-refractivity contribution in [3.8, 4) is 5.75 Å². The van der Waals surface area contributed by atoms with Crippen LogP contribution in [0.15, 0.2) is 47.0 Å². The number of ether oxygens (including phenoxy) is 1. The van der Waals surface area contributed by atoms with Gasteiger partial charge in [-0.05, 0) is 43.3 Å². The molecule has 3 aromatic rings. The lowest BCUT2D eigenvalue weighted by molar-refractivity contribution is -0.138. The van der Waals surface area contributed by atoms with Crippen molar-refractivity contribution < 1.29 is 22.3 Å². The van der Waals surface area contributed by atoms with Gasteiger partial charge >= 0.3 is 6.18 Å². The molecule has 0 aliphatic carbocycles. The summed E-state index contributed by atoms with van der Waals surface area (Å²) in [6.07, 6.45) is -3.13. The Morgan fingerprint density at radius 3 is 2.77 bits per heavy atom. The van der Waals surface area contributed by atoms with E-state index in [1.54, 1.807) is 18.2 Å². The summed E-state index contributed by atoms with van der Waals surface area (Å²) in [7, 11) is 0. The van der Waals surface area contributed by atoms with Crippen LogP contribution in [0.5, 0.6) is 5.75 Å². The van der Waals surface area contributed by atoms with E-state index < -0.39 is 11.7 Å². The molecular weight excluding hydrogens is 295 g/mol. The maximum Gasteiger partial charge on any atom is 0.418 e. The summed E-state index contributed by atoms with van der Waals surface area (Å²) in [5.41, 5.74) is -0.215. The van der Waals surface area contributed by atoms with Crippen molar-refractivity contribution in [3.05, 3.63) is 59.6 Å². The quantitative estimate of drug-likeness (QED) is 0.701. The molecule has 22 heavy (non-hydrogen) atoms. The third-order valence-electron chi connectivity index (χ3n) is 3.18. The fourth-order valence-electron chi connectivity index (χ4n) is 2.21. The number of alkyl halides is 3. The highest BCUT2D eigenvalue weighted by atomic mass is 19.4. The summed E-state index contributed by atoms with van der Waals surface area (Å²) in [4.78, 5) is 3.76. The number of aromatic nitrogens is 1. The minimum absolute atomic E-state index is 0.140. The second-order valence-electron chi connectivity index (χ2n) is 4.84. The Morgan fingerprint density at radius 1 is 1.18 bits per heavy atom. The maximum atomic E-state index is 12.9. The molecule has 3 rings (SSSR count). The molecule has 114 valence electrons. The molecule has 0 saturated heterocycles.